The second-order valence-electron chi connectivity index (χ2n) is 6.51. The zero-order valence-corrected chi connectivity index (χ0v) is 15.5. The topological polar surface area (TPSA) is 48.5 Å². The molecule has 0 aliphatic carbocycles. The Bertz CT molecular complexity index is 647. The van der Waals surface area contributed by atoms with Gasteiger partial charge in [0.15, 0.2) is 0 Å². The Hall–Kier alpha value is -2.40. The van der Waals surface area contributed by atoms with Gasteiger partial charge < -0.3 is 10.2 Å². The Balaban J connectivity index is 1.82. The van der Waals surface area contributed by atoms with E-state index >= 15 is 0 Å². The second kappa shape index (κ2) is 9.18. The molecule has 5 nitrogen and oxygen atoms in total. The molecule has 2 aromatic rings. The minimum absolute atomic E-state index is 0.0222. The molecule has 2 atom stereocenters. The van der Waals surface area contributed by atoms with E-state index in [1.807, 2.05) is 44.3 Å². The van der Waals surface area contributed by atoms with Gasteiger partial charge in [-0.15, -0.1) is 0 Å². The summed E-state index contributed by atoms with van der Waals surface area (Å²) in [6, 6.07) is 14.4. The standard InChI is InChI=1S/C20H28N4O/c1-16(23(3)15-18-9-6-5-7-10-18)13-22-20(25)24(4)17(2)19-11-8-12-21-14-19/h5-12,14,16-17H,13,15H2,1-4H3,(H,22,25). The monoisotopic (exact) mass is 340 g/mol. The van der Waals surface area contributed by atoms with Gasteiger partial charge in [0.25, 0.3) is 0 Å². The van der Waals surface area contributed by atoms with Gasteiger partial charge in [-0.3, -0.25) is 9.88 Å². The van der Waals surface area contributed by atoms with Crippen molar-refractivity contribution >= 4 is 6.03 Å². The van der Waals surface area contributed by atoms with E-state index in [2.05, 4.69) is 41.3 Å². The van der Waals surface area contributed by atoms with Crippen LogP contribution in [0, 0.1) is 0 Å². The molecule has 5 heteroatoms. The van der Waals surface area contributed by atoms with Crippen LogP contribution in [0.2, 0.25) is 0 Å². The van der Waals surface area contributed by atoms with Crippen LogP contribution in [0.4, 0.5) is 4.79 Å². The molecule has 0 aliphatic heterocycles. The van der Waals surface area contributed by atoms with Crippen molar-refractivity contribution in [1.82, 2.24) is 20.1 Å². The predicted octanol–water partition coefficient (Wildman–Crippen LogP) is 3.30. The molecule has 0 saturated heterocycles. The Morgan fingerprint density at radius 2 is 1.84 bits per heavy atom. The third-order valence-corrected chi connectivity index (χ3v) is 4.64. The lowest BCUT2D eigenvalue weighted by Gasteiger charge is -2.28. The Labute approximate surface area is 150 Å². The van der Waals surface area contributed by atoms with Crippen LogP contribution < -0.4 is 5.32 Å². The number of likely N-dealkylation sites (N-methyl/N-ethyl adjacent to an activating group) is 1. The molecule has 1 aromatic carbocycles. The quantitative estimate of drug-likeness (QED) is 0.841. The fourth-order valence-corrected chi connectivity index (χ4v) is 2.57. The van der Waals surface area contributed by atoms with Gasteiger partial charge in [0, 0.05) is 38.6 Å². The van der Waals surface area contributed by atoms with Gasteiger partial charge in [0.1, 0.15) is 0 Å². The number of carbonyl (C=O) groups excluding carboxylic acids is 1. The first-order chi connectivity index (χ1) is 12.0. The van der Waals surface area contributed by atoms with Gasteiger partial charge in [-0.2, -0.15) is 0 Å². The molecule has 0 fully saturated rings. The van der Waals surface area contributed by atoms with E-state index in [1.165, 1.54) is 5.56 Å². The van der Waals surface area contributed by atoms with Crippen molar-refractivity contribution in [3.05, 3.63) is 66.0 Å². The zero-order valence-electron chi connectivity index (χ0n) is 15.5. The lowest BCUT2D eigenvalue weighted by molar-refractivity contribution is 0.186. The van der Waals surface area contributed by atoms with Crippen LogP contribution in [0.25, 0.3) is 0 Å². The number of carbonyl (C=O) groups is 1. The average molecular weight is 340 g/mol. The van der Waals surface area contributed by atoms with Crippen molar-refractivity contribution in [2.45, 2.75) is 32.5 Å². The van der Waals surface area contributed by atoms with Gasteiger partial charge in [0.2, 0.25) is 0 Å². The highest BCUT2D eigenvalue weighted by atomic mass is 16.2. The molecule has 0 aliphatic rings. The maximum atomic E-state index is 12.4. The highest BCUT2D eigenvalue weighted by molar-refractivity contribution is 5.74. The first-order valence-corrected chi connectivity index (χ1v) is 8.63. The van der Waals surface area contributed by atoms with Crippen LogP contribution in [0.3, 0.4) is 0 Å². The minimum atomic E-state index is -0.0729. The molecule has 134 valence electrons. The number of hydrogen-bond donors (Lipinski definition) is 1. The summed E-state index contributed by atoms with van der Waals surface area (Å²) >= 11 is 0. The van der Waals surface area contributed by atoms with E-state index < -0.39 is 0 Å². The van der Waals surface area contributed by atoms with Gasteiger partial charge in [-0.05, 0) is 38.1 Å². The summed E-state index contributed by atoms with van der Waals surface area (Å²) < 4.78 is 0. The molecule has 1 heterocycles. The van der Waals surface area contributed by atoms with Gasteiger partial charge in [-0.1, -0.05) is 36.4 Å². The molecule has 0 saturated carbocycles. The maximum absolute atomic E-state index is 12.4. The summed E-state index contributed by atoms with van der Waals surface area (Å²) in [6.07, 6.45) is 3.53. The molecular weight excluding hydrogens is 312 g/mol. The fraction of sp³-hybridized carbons (Fsp3) is 0.400. The lowest BCUT2D eigenvalue weighted by Crippen LogP contribution is -2.45. The molecule has 1 aromatic heterocycles. The summed E-state index contributed by atoms with van der Waals surface area (Å²) in [5, 5.41) is 3.02. The van der Waals surface area contributed by atoms with Gasteiger partial charge in [0.05, 0.1) is 6.04 Å². The molecule has 0 spiro atoms. The largest absolute Gasteiger partial charge is 0.336 e. The number of hydrogen-bond acceptors (Lipinski definition) is 3. The third-order valence-electron chi connectivity index (χ3n) is 4.64. The number of pyridine rings is 1. The minimum Gasteiger partial charge on any atom is -0.336 e. The number of benzene rings is 1. The van der Waals surface area contributed by atoms with Crippen LogP contribution in [0.5, 0.6) is 0 Å². The number of rotatable bonds is 7. The summed E-state index contributed by atoms with van der Waals surface area (Å²) in [5.74, 6) is 0. The van der Waals surface area contributed by atoms with Gasteiger partial charge >= 0.3 is 6.03 Å². The Morgan fingerprint density at radius 3 is 2.48 bits per heavy atom. The summed E-state index contributed by atoms with van der Waals surface area (Å²) in [5.41, 5.74) is 2.29. The number of aromatic nitrogens is 1. The number of nitrogens with zero attached hydrogens (tertiary/aromatic N) is 3. The third kappa shape index (κ3) is 5.57. The summed E-state index contributed by atoms with van der Waals surface area (Å²) in [4.78, 5) is 20.5. The van der Waals surface area contributed by atoms with E-state index in [0.717, 1.165) is 12.1 Å². The lowest BCUT2D eigenvalue weighted by atomic mass is 10.1. The molecule has 25 heavy (non-hydrogen) atoms. The highest BCUT2D eigenvalue weighted by Crippen LogP contribution is 2.17. The van der Waals surface area contributed by atoms with Crippen LogP contribution in [-0.2, 0) is 6.54 Å². The number of nitrogens with one attached hydrogen (secondary N) is 1. The fourth-order valence-electron chi connectivity index (χ4n) is 2.57. The highest BCUT2D eigenvalue weighted by Gasteiger charge is 2.18. The maximum Gasteiger partial charge on any atom is 0.317 e. The summed E-state index contributed by atoms with van der Waals surface area (Å²) in [6.45, 7) is 5.58. The van der Waals surface area contributed by atoms with Crippen molar-refractivity contribution in [3.8, 4) is 0 Å². The second-order valence-corrected chi connectivity index (χ2v) is 6.51. The van der Waals surface area contributed by atoms with Crippen LogP contribution in [0.1, 0.15) is 31.0 Å². The van der Waals surface area contributed by atoms with Crippen molar-refractivity contribution in [1.29, 1.82) is 0 Å². The van der Waals surface area contributed by atoms with E-state index in [-0.39, 0.29) is 18.1 Å². The molecule has 0 radical (unpaired) electrons. The molecule has 0 bridgehead atoms. The van der Waals surface area contributed by atoms with Crippen molar-refractivity contribution < 1.29 is 4.79 Å². The average Bonchev–Trinajstić information content (AvgIpc) is 2.66. The zero-order chi connectivity index (χ0) is 18.2. The Kier molecular flexibility index (Phi) is 6.95. The predicted molar refractivity (Wildman–Crippen MR) is 101 cm³/mol. The molecule has 2 unspecified atom stereocenters. The number of urea groups is 1. The molecule has 2 amide bonds. The van der Waals surface area contributed by atoms with E-state index in [9.17, 15) is 4.79 Å². The molecule has 1 N–H and O–H groups in total. The molecule has 2 rings (SSSR count). The van der Waals surface area contributed by atoms with E-state index in [4.69, 9.17) is 0 Å². The van der Waals surface area contributed by atoms with Crippen molar-refractivity contribution in [2.24, 2.45) is 0 Å². The van der Waals surface area contributed by atoms with Crippen molar-refractivity contribution in [2.75, 3.05) is 20.6 Å². The van der Waals surface area contributed by atoms with Crippen LogP contribution in [0.15, 0.2) is 54.9 Å². The number of amides is 2. The first-order valence-electron chi connectivity index (χ1n) is 8.63. The van der Waals surface area contributed by atoms with Crippen molar-refractivity contribution in [3.63, 3.8) is 0 Å². The van der Waals surface area contributed by atoms with Gasteiger partial charge in [-0.25, -0.2) is 4.79 Å². The smallest absolute Gasteiger partial charge is 0.317 e. The van der Waals surface area contributed by atoms with E-state index in [0.29, 0.717) is 6.54 Å². The van der Waals surface area contributed by atoms with Crippen LogP contribution in [-0.4, -0.2) is 47.5 Å². The SMILES string of the molecule is CC(CNC(=O)N(C)C(C)c1cccnc1)N(C)Cc1ccccc1. The first kappa shape index (κ1) is 18.9. The normalized spacial score (nSPS) is 13.3. The van der Waals surface area contributed by atoms with E-state index in [1.54, 1.807) is 17.3 Å². The van der Waals surface area contributed by atoms with Crippen LogP contribution >= 0.6 is 0 Å². The molecular formula is C20H28N4O. The summed E-state index contributed by atoms with van der Waals surface area (Å²) in [7, 11) is 3.89. The Morgan fingerprint density at radius 1 is 1.12 bits per heavy atom.